The van der Waals surface area contributed by atoms with Crippen molar-refractivity contribution in [3.63, 3.8) is 0 Å². The summed E-state index contributed by atoms with van der Waals surface area (Å²) in [6, 6.07) is 19.6. The molecule has 1 atom stereocenters. The Hall–Kier alpha value is -2.66. The van der Waals surface area contributed by atoms with Gasteiger partial charge in [-0.15, -0.1) is 0 Å². The Morgan fingerprint density at radius 2 is 1.76 bits per heavy atom. The number of nitrogens with zero attached hydrogens (tertiary/aromatic N) is 1. The smallest absolute Gasteiger partial charge is 0.319 e. The van der Waals surface area contributed by atoms with Crippen LogP contribution in [0.15, 0.2) is 71.3 Å². The van der Waals surface area contributed by atoms with Crippen LogP contribution in [0, 0.1) is 12.8 Å². The van der Waals surface area contributed by atoms with Crippen LogP contribution in [0.3, 0.4) is 0 Å². The van der Waals surface area contributed by atoms with Crippen LogP contribution in [0.25, 0.3) is 11.1 Å². The average molecular weight is 452 g/mol. The van der Waals surface area contributed by atoms with Gasteiger partial charge in [-0.25, -0.2) is 4.79 Å². The fourth-order valence-corrected chi connectivity index (χ4v) is 3.85. The average Bonchev–Trinajstić information content (AvgIpc) is 2.68. The summed E-state index contributed by atoms with van der Waals surface area (Å²) in [5.74, 6) is 0.454. The monoisotopic (exact) mass is 451 g/mol. The number of anilines is 1. The van der Waals surface area contributed by atoms with E-state index in [2.05, 4.69) is 45.4 Å². The first-order valence-electron chi connectivity index (χ1n) is 9.77. The summed E-state index contributed by atoms with van der Waals surface area (Å²) in [6.45, 7) is 6.29. The van der Waals surface area contributed by atoms with Crippen LogP contribution in [0.2, 0.25) is 0 Å². The lowest BCUT2D eigenvalue weighted by atomic mass is 9.97. The Morgan fingerprint density at radius 3 is 2.41 bits per heavy atom. The number of urea groups is 1. The Kier molecular flexibility index (Phi) is 7.04. The van der Waals surface area contributed by atoms with E-state index in [9.17, 15) is 4.79 Å². The first-order chi connectivity index (χ1) is 13.9. The topological polar surface area (TPSA) is 54.0 Å². The van der Waals surface area contributed by atoms with E-state index in [4.69, 9.17) is 0 Å². The molecule has 0 bridgehead atoms. The summed E-state index contributed by atoms with van der Waals surface area (Å²) < 4.78 is 1.00. The zero-order chi connectivity index (χ0) is 20.8. The van der Waals surface area contributed by atoms with Crippen molar-refractivity contribution in [3.8, 4) is 11.1 Å². The molecule has 0 radical (unpaired) electrons. The molecule has 4 nitrogen and oxygen atoms in total. The van der Waals surface area contributed by atoms with Crippen molar-refractivity contribution in [3.05, 3.63) is 82.6 Å². The number of aromatic nitrogens is 1. The fourth-order valence-electron chi connectivity index (χ4n) is 3.29. The van der Waals surface area contributed by atoms with Gasteiger partial charge in [0.1, 0.15) is 0 Å². The van der Waals surface area contributed by atoms with Crippen LogP contribution in [-0.2, 0) is 0 Å². The summed E-state index contributed by atoms with van der Waals surface area (Å²) in [5.41, 5.74) is 5.02. The van der Waals surface area contributed by atoms with E-state index in [0.29, 0.717) is 5.92 Å². The summed E-state index contributed by atoms with van der Waals surface area (Å²) in [6.07, 6.45) is 2.66. The largest absolute Gasteiger partial charge is 0.331 e. The molecule has 29 heavy (non-hydrogen) atoms. The molecule has 3 rings (SSSR count). The van der Waals surface area contributed by atoms with Crippen molar-refractivity contribution in [1.29, 1.82) is 0 Å². The van der Waals surface area contributed by atoms with Gasteiger partial charge in [0.05, 0.1) is 6.04 Å². The van der Waals surface area contributed by atoms with Gasteiger partial charge in [-0.2, -0.15) is 0 Å². The molecule has 1 heterocycles. The lowest BCUT2D eigenvalue weighted by Crippen LogP contribution is -2.33. The minimum Gasteiger partial charge on any atom is -0.331 e. The molecule has 1 unspecified atom stereocenters. The Labute approximate surface area is 180 Å². The van der Waals surface area contributed by atoms with Gasteiger partial charge >= 0.3 is 6.03 Å². The number of hydrogen-bond donors (Lipinski definition) is 2. The molecule has 2 aromatic carbocycles. The van der Waals surface area contributed by atoms with Gasteiger partial charge in [0.2, 0.25) is 0 Å². The minimum absolute atomic E-state index is 0.0651. The summed E-state index contributed by atoms with van der Waals surface area (Å²) in [4.78, 5) is 16.9. The molecule has 2 amide bonds. The Bertz CT molecular complexity index is 970. The normalized spacial score (nSPS) is 11.9. The third kappa shape index (κ3) is 5.91. The number of carbonyl (C=O) groups is 1. The number of amides is 2. The Morgan fingerprint density at radius 1 is 1.03 bits per heavy atom. The molecule has 2 N–H and O–H groups in total. The van der Waals surface area contributed by atoms with E-state index in [1.165, 1.54) is 0 Å². The predicted molar refractivity (Wildman–Crippen MR) is 123 cm³/mol. The molecular formula is C24H26BrN3O. The molecule has 150 valence electrons. The van der Waals surface area contributed by atoms with E-state index < -0.39 is 0 Å². The number of rotatable bonds is 6. The van der Waals surface area contributed by atoms with Crippen LogP contribution in [0.5, 0.6) is 0 Å². The number of pyridine rings is 1. The van der Waals surface area contributed by atoms with Crippen LogP contribution in [0.1, 0.15) is 37.6 Å². The molecule has 0 aliphatic rings. The highest BCUT2D eigenvalue weighted by atomic mass is 79.9. The van der Waals surface area contributed by atoms with Gasteiger partial charge in [0.25, 0.3) is 0 Å². The lowest BCUT2D eigenvalue weighted by Gasteiger charge is -2.22. The number of hydrogen-bond acceptors (Lipinski definition) is 2. The van der Waals surface area contributed by atoms with Gasteiger partial charge in [-0.1, -0.05) is 60.1 Å². The summed E-state index contributed by atoms with van der Waals surface area (Å²) >= 11 is 3.60. The quantitative estimate of drug-likeness (QED) is 0.436. The van der Waals surface area contributed by atoms with Crippen LogP contribution in [-0.4, -0.2) is 11.0 Å². The molecule has 5 heteroatoms. The lowest BCUT2D eigenvalue weighted by molar-refractivity contribution is 0.246. The van der Waals surface area contributed by atoms with Crippen LogP contribution in [0.4, 0.5) is 10.5 Å². The second-order valence-electron chi connectivity index (χ2n) is 7.57. The van der Waals surface area contributed by atoms with E-state index in [0.717, 1.165) is 39.0 Å². The number of aryl methyl sites for hydroxylation is 1. The van der Waals surface area contributed by atoms with Gasteiger partial charge in [0.15, 0.2) is 0 Å². The van der Waals surface area contributed by atoms with E-state index in [1.54, 1.807) is 6.20 Å². The summed E-state index contributed by atoms with van der Waals surface area (Å²) in [5, 5.41) is 6.07. The van der Waals surface area contributed by atoms with Crippen molar-refractivity contribution >= 4 is 27.6 Å². The second-order valence-corrected chi connectivity index (χ2v) is 8.42. The number of halogens is 1. The number of nitrogens with one attached hydrogen (secondary N) is 2. The van der Waals surface area contributed by atoms with Gasteiger partial charge in [-0.3, -0.25) is 4.98 Å². The molecule has 3 aromatic rings. The molecule has 0 aliphatic carbocycles. The predicted octanol–water partition coefficient (Wildman–Crippen LogP) is 6.73. The summed E-state index contributed by atoms with van der Waals surface area (Å²) in [7, 11) is 0. The minimum atomic E-state index is -0.209. The van der Waals surface area contributed by atoms with Crippen LogP contribution >= 0.6 is 15.9 Å². The number of benzene rings is 2. The molecular weight excluding hydrogens is 426 g/mol. The SMILES string of the molecule is Cc1cc(-c2ccc(NC(=O)NC(CC(C)C)c3ccccc3Br)cc2)ccn1. The van der Waals surface area contributed by atoms with E-state index in [1.807, 2.05) is 67.6 Å². The van der Waals surface area contributed by atoms with Crippen molar-refractivity contribution in [2.45, 2.75) is 33.2 Å². The highest BCUT2D eigenvalue weighted by Crippen LogP contribution is 2.28. The molecule has 0 saturated heterocycles. The zero-order valence-corrected chi connectivity index (χ0v) is 18.5. The standard InChI is InChI=1S/C24H26BrN3O/c1-16(2)14-23(21-6-4-5-7-22(21)25)28-24(29)27-20-10-8-18(9-11-20)19-12-13-26-17(3)15-19/h4-13,15-16,23H,14H2,1-3H3,(H2,27,28,29). The van der Waals surface area contributed by atoms with Crippen LogP contribution < -0.4 is 10.6 Å². The third-order valence-electron chi connectivity index (χ3n) is 4.67. The molecule has 0 fully saturated rings. The molecule has 0 spiro atoms. The third-order valence-corrected chi connectivity index (χ3v) is 5.39. The maximum Gasteiger partial charge on any atom is 0.319 e. The van der Waals surface area contributed by atoms with E-state index >= 15 is 0 Å². The van der Waals surface area contributed by atoms with Crippen molar-refractivity contribution in [2.24, 2.45) is 5.92 Å². The van der Waals surface area contributed by atoms with Gasteiger partial charge in [0, 0.05) is 22.1 Å². The van der Waals surface area contributed by atoms with Gasteiger partial charge < -0.3 is 10.6 Å². The van der Waals surface area contributed by atoms with Gasteiger partial charge in [-0.05, 0) is 66.3 Å². The van der Waals surface area contributed by atoms with Crippen molar-refractivity contribution in [1.82, 2.24) is 10.3 Å². The maximum absolute atomic E-state index is 12.6. The Balaban J connectivity index is 1.69. The molecule has 0 aliphatic heterocycles. The zero-order valence-electron chi connectivity index (χ0n) is 16.9. The second kappa shape index (κ2) is 9.70. The van der Waals surface area contributed by atoms with E-state index in [-0.39, 0.29) is 12.1 Å². The fraction of sp³-hybridized carbons (Fsp3) is 0.250. The maximum atomic E-state index is 12.6. The highest BCUT2D eigenvalue weighted by molar-refractivity contribution is 9.10. The van der Waals surface area contributed by atoms with Crippen molar-refractivity contribution < 1.29 is 4.79 Å². The number of carbonyl (C=O) groups excluding carboxylic acids is 1. The first-order valence-corrected chi connectivity index (χ1v) is 10.6. The molecule has 0 saturated carbocycles. The first kappa shape index (κ1) is 21.1. The highest BCUT2D eigenvalue weighted by Gasteiger charge is 2.18. The molecule has 1 aromatic heterocycles. The van der Waals surface area contributed by atoms with Crippen molar-refractivity contribution in [2.75, 3.05) is 5.32 Å².